The van der Waals surface area contributed by atoms with Crippen molar-refractivity contribution < 1.29 is 19.4 Å². The van der Waals surface area contributed by atoms with Gasteiger partial charge in [-0.3, -0.25) is 4.79 Å². The van der Waals surface area contributed by atoms with Crippen molar-refractivity contribution in [3.63, 3.8) is 0 Å². The van der Waals surface area contributed by atoms with Crippen LogP contribution in [0.2, 0.25) is 10.0 Å². The molecule has 190 valence electrons. The predicted molar refractivity (Wildman–Crippen MR) is 137 cm³/mol. The number of hydrogen-bond acceptors (Lipinski definition) is 5. The molecule has 0 spiro atoms. The maximum absolute atomic E-state index is 15.4. The van der Waals surface area contributed by atoms with Crippen LogP contribution in [-0.2, 0) is 10.3 Å². The lowest BCUT2D eigenvalue weighted by Crippen LogP contribution is -2.47. The van der Waals surface area contributed by atoms with Gasteiger partial charge in [-0.25, -0.2) is 4.39 Å². The van der Waals surface area contributed by atoms with Gasteiger partial charge in [0.1, 0.15) is 11.9 Å². The fourth-order valence-corrected chi connectivity index (χ4v) is 4.73. The molecule has 4 atom stereocenters. The largest absolute Gasteiger partial charge is 0.394 e. The Morgan fingerprint density at radius 2 is 1.91 bits per heavy atom. The number of nitrogens with one attached hydrogen (secondary N) is 2. The molecule has 1 amide bonds. The molecule has 1 aliphatic rings. The van der Waals surface area contributed by atoms with E-state index < -0.39 is 41.9 Å². The molecule has 2 aromatic rings. The van der Waals surface area contributed by atoms with Crippen LogP contribution in [0.3, 0.4) is 0 Å². The summed E-state index contributed by atoms with van der Waals surface area (Å²) < 4.78 is 15.4. The minimum absolute atomic E-state index is 0.0700. The lowest BCUT2D eigenvalue weighted by atomic mass is 9.72. The van der Waals surface area contributed by atoms with Gasteiger partial charge in [-0.15, -0.1) is 0 Å². The Labute approximate surface area is 215 Å². The van der Waals surface area contributed by atoms with Crippen LogP contribution in [0.5, 0.6) is 0 Å². The minimum Gasteiger partial charge on any atom is -0.394 e. The molecule has 1 fully saturated rings. The molecule has 2 aromatic carbocycles. The third-order valence-corrected chi connectivity index (χ3v) is 6.61. The smallest absolute Gasteiger partial charge is 0.243 e. The summed E-state index contributed by atoms with van der Waals surface area (Å²) >= 11 is 12.3. The van der Waals surface area contributed by atoms with Crippen LogP contribution in [0.4, 0.5) is 4.39 Å². The molecule has 35 heavy (non-hydrogen) atoms. The zero-order chi connectivity index (χ0) is 26.0. The average molecular weight is 524 g/mol. The van der Waals surface area contributed by atoms with E-state index in [-0.39, 0.29) is 29.0 Å². The van der Waals surface area contributed by atoms with Crippen LogP contribution < -0.4 is 16.4 Å². The molecule has 9 heteroatoms. The highest BCUT2D eigenvalue weighted by Gasteiger charge is 2.55. The highest BCUT2D eigenvalue weighted by atomic mass is 35.5. The Hall–Kier alpha value is -2.16. The first-order valence-electron chi connectivity index (χ1n) is 11.4. The molecule has 1 saturated heterocycles. The fourth-order valence-electron chi connectivity index (χ4n) is 4.42. The summed E-state index contributed by atoms with van der Waals surface area (Å²) in [6, 6.07) is 10.7. The van der Waals surface area contributed by atoms with Crippen molar-refractivity contribution in [3.05, 3.63) is 81.2 Å². The number of carbonyl (C=O) groups is 1. The maximum Gasteiger partial charge on any atom is 0.243 e. The number of nitrogens with two attached hydrogens (primary N) is 1. The first-order valence-corrected chi connectivity index (χ1v) is 12.2. The Bertz CT molecular complexity index is 1090. The first-order chi connectivity index (χ1) is 16.4. The molecule has 0 saturated carbocycles. The monoisotopic (exact) mass is 523 g/mol. The van der Waals surface area contributed by atoms with E-state index in [4.69, 9.17) is 34.0 Å². The molecule has 0 aromatic heterocycles. The van der Waals surface area contributed by atoms with Gasteiger partial charge in [-0.05, 0) is 41.2 Å². The minimum atomic E-state index is -1.31. The first kappa shape index (κ1) is 27.4. The molecule has 6 N–H and O–H groups in total. The van der Waals surface area contributed by atoms with Crippen LogP contribution >= 0.6 is 23.2 Å². The lowest BCUT2D eigenvalue weighted by Gasteiger charge is -2.35. The van der Waals surface area contributed by atoms with Gasteiger partial charge in [0.15, 0.2) is 0 Å². The molecule has 0 radical (unpaired) electrons. The Morgan fingerprint density at radius 3 is 2.51 bits per heavy atom. The third kappa shape index (κ3) is 5.98. The Balaban J connectivity index is 2.17. The summed E-state index contributed by atoms with van der Waals surface area (Å²) in [7, 11) is 0. The van der Waals surface area contributed by atoms with Crippen LogP contribution in [0.1, 0.15) is 44.2 Å². The van der Waals surface area contributed by atoms with Gasteiger partial charge < -0.3 is 26.6 Å². The van der Waals surface area contributed by atoms with E-state index in [1.54, 1.807) is 36.4 Å². The van der Waals surface area contributed by atoms with Crippen molar-refractivity contribution in [2.45, 2.75) is 50.8 Å². The van der Waals surface area contributed by atoms with Crippen molar-refractivity contribution in [1.82, 2.24) is 10.6 Å². The summed E-state index contributed by atoms with van der Waals surface area (Å²) in [6.45, 7) is 5.73. The quantitative estimate of drug-likeness (QED) is 0.379. The number of aliphatic hydroxyl groups is 2. The summed E-state index contributed by atoms with van der Waals surface area (Å²) in [4.78, 5) is 13.4. The molecular formula is C26H32Cl2FN3O3. The second-order valence-corrected chi connectivity index (χ2v) is 10.8. The molecule has 0 aliphatic carbocycles. The molecule has 3 rings (SSSR count). The molecule has 6 nitrogen and oxygen atoms in total. The highest BCUT2D eigenvalue weighted by Crippen LogP contribution is 2.49. The molecular weight excluding hydrogens is 492 g/mol. The number of aliphatic hydroxyl groups excluding tert-OH is 2. The summed E-state index contributed by atoms with van der Waals surface area (Å²) in [5.41, 5.74) is 6.98. The molecule has 1 heterocycles. The average Bonchev–Trinajstić information content (AvgIpc) is 3.07. The number of halogens is 3. The van der Waals surface area contributed by atoms with Gasteiger partial charge in [-0.2, -0.15) is 0 Å². The van der Waals surface area contributed by atoms with Gasteiger partial charge in [0.25, 0.3) is 0 Å². The van der Waals surface area contributed by atoms with Crippen LogP contribution in [0.25, 0.3) is 0 Å². The number of hydrogen-bond donors (Lipinski definition) is 5. The predicted octanol–water partition coefficient (Wildman–Crippen LogP) is 3.83. The van der Waals surface area contributed by atoms with Crippen LogP contribution in [0, 0.1) is 11.2 Å². The van der Waals surface area contributed by atoms with Gasteiger partial charge in [0, 0.05) is 23.2 Å². The van der Waals surface area contributed by atoms with E-state index in [1.165, 1.54) is 6.07 Å². The number of amides is 1. The van der Waals surface area contributed by atoms with Gasteiger partial charge >= 0.3 is 0 Å². The lowest BCUT2D eigenvalue weighted by molar-refractivity contribution is -0.123. The number of carbonyl (C=O) groups excluding carboxylic acids is 1. The van der Waals surface area contributed by atoms with Gasteiger partial charge in [0.05, 0.1) is 23.3 Å². The molecule has 0 bridgehead atoms. The topological polar surface area (TPSA) is 108 Å². The van der Waals surface area contributed by atoms with E-state index in [0.717, 1.165) is 0 Å². The summed E-state index contributed by atoms with van der Waals surface area (Å²) in [6.07, 6.45) is 1.16. The SMILES string of the molecule is CC(C)(C)/C=C1\N[C@@H](C(=O)NCC[C@H](O)CO)[C@H](c2cccc(Cl)c2F)[C@@]1(N)c1ccc(Cl)cc1. The van der Waals surface area contributed by atoms with Crippen molar-refractivity contribution in [2.24, 2.45) is 11.1 Å². The van der Waals surface area contributed by atoms with Crippen molar-refractivity contribution in [2.75, 3.05) is 13.2 Å². The number of rotatable bonds is 7. The highest BCUT2D eigenvalue weighted by molar-refractivity contribution is 6.31. The van der Waals surface area contributed by atoms with Crippen molar-refractivity contribution in [1.29, 1.82) is 0 Å². The van der Waals surface area contributed by atoms with E-state index in [0.29, 0.717) is 16.3 Å². The second kappa shape index (κ2) is 10.8. The van der Waals surface area contributed by atoms with Crippen LogP contribution in [-0.4, -0.2) is 41.4 Å². The Kier molecular flexibility index (Phi) is 8.50. The summed E-state index contributed by atoms with van der Waals surface area (Å²) in [5, 5.41) is 25.2. The normalized spacial score (nSPS) is 24.3. The van der Waals surface area contributed by atoms with Crippen molar-refractivity contribution >= 4 is 29.1 Å². The maximum atomic E-state index is 15.4. The zero-order valence-electron chi connectivity index (χ0n) is 20.0. The Morgan fingerprint density at radius 1 is 1.26 bits per heavy atom. The molecule has 1 aliphatic heterocycles. The molecule has 0 unspecified atom stereocenters. The van der Waals surface area contributed by atoms with E-state index >= 15 is 4.39 Å². The van der Waals surface area contributed by atoms with Gasteiger partial charge in [0.2, 0.25) is 5.91 Å². The number of allylic oxidation sites excluding steroid dienone is 1. The van der Waals surface area contributed by atoms with E-state index in [9.17, 15) is 9.90 Å². The fraction of sp³-hybridized carbons (Fsp3) is 0.423. The van der Waals surface area contributed by atoms with Crippen molar-refractivity contribution in [3.8, 4) is 0 Å². The standard InChI is InChI=1S/C26H32Cl2FN3O3/c1-25(2,3)13-20-26(30,15-7-9-16(27)10-8-15)21(18-5-4-6-19(28)22(18)29)23(32-20)24(35)31-12-11-17(34)14-33/h4-10,13,17,21,23,32-34H,11-12,14,30H2,1-3H3,(H,31,35)/b20-13-/t17-,21-,23+,26+/m0/s1. The van der Waals surface area contributed by atoms with Gasteiger partial charge in [-0.1, -0.05) is 74.3 Å². The van der Waals surface area contributed by atoms with E-state index in [2.05, 4.69) is 10.6 Å². The number of benzene rings is 2. The van der Waals surface area contributed by atoms with Crippen LogP contribution in [0.15, 0.2) is 54.2 Å². The summed E-state index contributed by atoms with van der Waals surface area (Å²) in [5.74, 6) is -1.92. The van der Waals surface area contributed by atoms with E-state index in [1.807, 2.05) is 26.8 Å². The second-order valence-electron chi connectivity index (χ2n) is 9.96. The third-order valence-electron chi connectivity index (χ3n) is 6.07. The zero-order valence-corrected chi connectivity index (χ0v) is 21.5.